The number of sulfonamides is 1. The van der Waals surface area contributed by atoms with Gasteiger partial charge in [-0.1, -0.05) is 19.9 Å². The molecule has 114 valence electrons. The topological polar surface area (TPSA) is 66.4 Å². The van der Waals surface area contributed by atoms with E-state index in [4.69, 9.17) is 0 Å². The Morgan fingerprint density at radius 3 is 2.15 bits per heavy atom. The minimum absolute atomic E-state index is 0.159. The highest BCUT2D eigenvalue weighted by atomic mass is 32.2. The van der Waals surface area contributed by atoms with Crippen molar-refractivity contribution in [1.82, 2.24) is 4.72 Å². The lowest BCUT2D eigenvalue weighted by atomic mass is 9.98. The summed E-state index contributed by atoms with van der Waals surface area (Å²) in [4.78, 5) is 0.250. The summed E-state index contributed by atoms with van der Waals surface area (Å²) >= 11 is 0. The second kappa shape index (κ2) is 6.24. The fourth-order valence-corrected chi connectivity index (χ4v) is 3.94. The molecule has 0 aliphatic carbocycles. The Morgan fingerprint density at radius 1 is 1.15 bits per heavy atom. The zero-order valence-corrected chi connectivity index (χ0v) is 13.8. The van der Waals surface area contributed by atoms with Gasteiger partial charge in [-0.3, -0.25) is 0 Å². The van der Waals surface area contributed by atoms with E-state index in [0.29, 0.717) is 11.1 Å². The molecule has 0 amide bonds. The molecule has 0 aliphatic heterocycles. The molecule has 0 heterocycles. The van der Waals surface area contributed by atoms with Gasteiger partial charge in [-0.2, -0.15) is 0 Å². The first kappa shape index (κ1) is 17.1. The van der Waals surface area contributed by atoms with E-state index in [1.807, 2.05) is 27.7 Å². The van der Waals surface area contributed by atoms with Crippen LogP contribution in [-0.4, -0.2) is 19.1 Å². The Labute approximate surface area is 122 Å². The molecule has 0 bridgehead atoms. The van der Waals surface area contributed by atoms with E-state index in [1.165, 1.54) is 0 Å². The highest BCUT2D eigenvalue weighted by Crippen LogP contribution is 2.24. The maximum absolute atomic E-state index is 12.6. The van der Waals surface area contributed by atoms with E-state index >= 15 is 0 Å². The average molecular weight is 299 g/mol. The van der Waals surface area contributed by atoms with Gasteiger partial charge in [-0.15, -0.1) is 0 Å². The highest BCUT2D eigenvalue weighted by molar-refractivity contribution is 7.89. The zero-order chi connectivity index (χ0) is 15.6. The third-order valence-electron chi connectivity index (χ3n) is 4.03. The summed E-state index contributed by atoms with van der Waals surface area (Å²) < 4.78 is 27.9. The van der Waals surface area contributed by atoms with E-state index in [1.54, 1.807) is 19.1 Å². The van der Waals surface area contributed by atoms with Gasteiger partial charge in [0, 0.05) is 5.54 Å². The summed E-state index contributed by atoms with van der Waals surface area (Å²) in [6.45, 7) is 9.32. The predicted octanol–water partition coefficient (Wildman–Crippen LogP) is 2.65. The fraction of sp³-hybridized carbons (Fsp3) is 0.600. The van der Waals surface area contributed by atoms with E-state index < -0.39 is 15.6 Å². The summed E-state index contributed by atoms with van der Waals surface area (Å²) in [5, 5.41) is 9.31. The Morgan fingerprint density at radius 2 is 1.70 bits per heavy atom. The van der Waals surface area contributed by atoms with E-state index in [9.17, 15) is 13.5 Å². The molecule has 1 rings (SSSR count). The van der Waals surface area contributed by atoms with Crippen molar-refractivity contribution in [3.05, 3.63) is 28.8 Å². The van der Waals surface area contributed by atoms with Crippen molar-refractivity contribution in [3.63, 3.8) is 0 Å². The molecule has 0 aromatic heterocycles. The molecule has 0 fully saturated rings. The van der Waals surface area contributed by atoms with Crippen LogP contribution in [0.3, 0.4) is 0 Å². The van der Waals surface area contributed by atoms with Crippen LogP contribution in [0.25, 0.3) is 0 Å². The van der Waals surface area contributed by atoms with Crippen molar-refractivity contribution in [2.75, 3.05) is 0 Å². The Kier molecular flexibility index (Phi) is 5.35. The monoisotopic (exact) mass is 299 g/mol. The van der Waals surface area contributed by atoms with Crippen LogP contribution in [0.2, 0.25) is 0 Å². The molecule has 0 radical (unpaired) electrons. The van der Waals surface area contributed by atoms with Crippen LogP contribution >= 0.6 is 0 Å². The quantitative estimate of drug-likeness (QED) is 0.848. The summed E-state index contributed by atoms with van der Waals surface area (Å²) in [5.41, 5.74) is 1.79. The minimum Gasteiger partial charge on any atom is -0.392 e. The van der Waals surface area contributed by atoms with E-state index in [0.717, 1.165) is 18.4 Å². The van der Waals surface area contributed by atoms with Crippen LogP contribution in [0.15, 0.2) is 17.0 Å². The van der Waals surface area contributed by atoms with Crippen LogP contribution in [0, 0.1) is 13.8 Å². The van der Waals surface area contributed by atoms with E-state index in [-0.39, 0.29) is 11.5 Å². The van der Waals surface area contributed by atoms with Gasteiger partial charge in [0.15, 0.2) is 0 Å². The number of benzene rings is 1. The summed E-state index contributed by atoms with van der Waals surface area (Å²) in [6.07, 6.45) is 1.45. The standard InChI is InChI=1S/C15H25NO3S/c1-6-15(5,7-2)16-20(18,19)14-9-13(10-17)11(3)8-12(14)4/h8-9,16-17H,6-7,10H2,1-5H3. The van der Waals surface area contributed by atoms with Crippen molar-refractivity contribution in [2.45, 2.75) is 64.5 Å². The van der Waals surface area contributed by atoms with Crippen molar-refractivity contribution < 1.29 is 13.5 Å². The van der Waals surface area contributed by atoms with E-state index in [2.05, 4.69) is 4.72 Å². The van der Waals surface area contributed by atoms with Gasteiger partial charge in [-0.05, 0) is 56.4 Å². The largest absolute Gasteiger partial charge is 0.392 e. The van der Waals surface area contributed by atoms with Gasteiger partial charge in [0.05, 0.1) is 11.5 Å². The third-order valence-corrected chi connectivity index (χ3v) is 5.82. The zero-order valence-electron chi connectivity index (χ0n) is 12.9. The van der Waals surface area contributed by atoms with Crippen molar-refractivity contribution >= 4 is 10.0 Å². The second-order valence-electron chi connectivity index (χ2n) is 5.58. The first-order chi connectivity index (χ1) is 9.19. The van der Waals surface area contributed by atoms with Crippen molar-refractivity contribution in [3.8, 4) is 0 Å². The number of nitrogens with one attached hydrogen (secondary N) is 1. The maximum atomic E-state index is 12.6. The number of aliphatic hydroxyl groups is 1. The number of aryl methyl sites for hydroxylation is 2. The molecule has 0 aliphatic rings. The molecule has 1 aromatic rings. The highest BCUT2D eigenvalue weighted by Gasteiger charge is 2.28. The first-order valence-electron chi connectivity index (χ1n) is 6.94. The van der Waals surface area contributed by atoms with Gasteiger partial charge in [0.1, 0.15) is 0 Å². The number of aliphatic hydroxyl groups excluding tert-OH is 1. The third kappa shape index (κ3) is 3.59. The van der Waals surface area contributed by atoms with Crippen molar-refractivity contribution in [2.24, 2.45) is 0 Å². The Balaban J connectivity index is 3.29. The van der Waals surface area contributed by atoms with Gasteiger partial charge in [0.25, 0.3) is 0 Å². The number of hydrogen-bond donors (Lipinski definition) is 2. The lowest BCUT2D eigenvalue weighted by Gasteiger charge is -2.28. The summed E-state index contributed by atoms with van der Waals surface area (Å²) in [6, 6.07) is 3.37. The molecule has 0 spiro atoms. The molecule has 2 N–H and O–H groups in total. The lowest BCUT2D eigenvalue weighted by molar-refractivity contribution is 0.280. The SMILES string of the molecule is CCC(C)(CC)NS(=O)(=O)c1cc(CO)c(C)cc1C. The fourth-order valence-electron chi connectivity index (χ4n) is 2.11. The minimum atomic E-state index is -3.58. The normalized spacial score (nSPS) is 12.7. The maximum Gasteiger partial charge on any atom is 0.241 e. The second-order valence-corrected chi connectivity index (χ2v) is 7.23. The predicted molar refractivity (Wildman–Crippen MR) is 81.1 cm³/mol. The van der Waals surface area contributed by atoms with Gasteiger partial charge < -0.3 is 5.11 Å². The average Bonchev–Trinajstić information content (AvgIpc) is 2.38. The Bertz CT molecular complexity index is 575. The molecule has 0 saturated carbocycles. The van der Waals surface area contributed by atoms with Gasteiger partial charge in [-0.25, -0.2) is 13.1 Å². The van der Waals surface area contributed by atoms with Crippen LogP contribution in [0.5, 0.6) is 0 Å². The van der Waals surface area contributed by atoms with Gasteiger partial charge >= 0.3 is 0 Å². The van der Waals surface area contributed by atoms with Crippen LogP contribution < -0.4 is 4.72 Å². The molecular formula is C15H25NO3S. The Hall–Kier alpha value is -0.910. The molecule has 5 heteroatoms. The van der Waals surface area contributed by atoms with Gasteiger partial charge in [0.2, 0.25) is 10.0 Å². The van der Waals surface area contributed by atoms with Crippen LogP contribution in [-0.2, 0) is 16.6 Å². The molecule has 0 saturated heterocycles. The molecule has 20 heavy (non-hydrogen) atoms. The van der Waals surface area contributed by atoms with Crippen molar-refractivity contribution in [1.29, 1.82) is 0 Å². The smallest absolute Gasteiger partial charge is 0.241 e. The number of rotatable bonds is 6. The molecule has 4 nitrogen and oxygen atoms in total. The molecule has 1 aromatic carbocycles. The number of hydrogen-bond acceptors (Lipinski definition) is 3. The molecular weight excluding hydrogens is 274 g/mol. The first-order valence-corrected chi connectivity index (χ1v) is 8.42. The summed E-state index contributed by atoms with van der Waals surface area (Å²) in [7, 11) is -3.58. The van der Waals surface area contributed by atoms with Crippen LogP contribution in [0.4, 0.5) is 0 Å². The summed E-state index contributed by atoms with van der Waals surface area (Å²) in [5.74, 6) is 0. The van der Waals surface area contributed by atoms with Crippen LogP contribution in [0.1, 0.15) is 50.3 Å². The molecule has 0 atom stereocenters. The lowest BCUT2D eigenvalue weighted by Crippen LogP contribution is -2.45. The molecule has 0 unspecified atom stereocenters.